The molecule has 3 fully saturated rings. The molecule has 2 heteroatoms. The summed E-state index contributed by atoms with van der Waals surface area (Å²) in [5.74, 6) is 3.35. The van der Waals surface area contributed by atoms with E-state index in [-0.39, 0.29) is 22.9 Å². The standard InChI is InChI=1S/C27H42O2/c1-17(2)7-6-8-18(3)22-11-12-23-21-10-9-19-15-20(28)13-14-26(19,4)25(21)24(29)16-27(22,23)5/h7,9,18,20-23,25,28H,6,8,10-16H2,1-5H3/t18-,20?,21+,22-,23+,25-,26+,27-/m1/s1. The van der Waals surface area contributed by atoms with Crippen molar-refractivity contribution < 1.29 is 9.90 Å². The number of hydrogen-bond donors (Lipinski definition) is 1. The quantitative estimate of drug-likeness (QED) is 0.550. The van der Waals surface area contributed by atoms with Crippen molar-refractivity contribution in [2.24, 2.45) is 40.4 Å². The zero-order valence-electron chi connectivity index (χ0n) is 19.3. The number of fused-ring (bicyclic) bond motifs is 5. The second kappa shape index (κ2) is 7.66. The fourth-order valence-corrected chi connectivity index (χ4v) is 8.28. The maximum Gasteiger partial charge on any atom is 0.137 e. The first-order valence-corrected chi connectivity index (χ1v) is 12.2. The summed E-state index contributed by atoms with van der Waals surface area (Å²) < 4.78 is 0. The summed E-state index contributed by atoms with van der Waals surface area (Å²) in [6.45, 7) is 11.6. The molecule has 0 aliphatic heterocycles. The third-order valence-electron chi connectivity index (χ3n) is 9.70. The molecule has 29 heavy (non-hydrogen) atoms. The van der Waals surface area contributed by atoms with E-state index in [4.69, 9.17) is 0 Å². The first kappa shape index (κ1) is 21.3. The smallest absolute Gasteiger partial charge is 0.137 e. The molecule has 4 aliphatic carbocycles. The number of aliphatic hydroxyl groups excluding tert-OH is 1. The number of carbonyl (C=O) groups is 1. The summed E-state index contributed by atoms with van der Waals surface area (Å²) in [5, 5.41) is 10.2. The molecule has 4 rings (SSSR count). The van der Waals surface area contributed by atoms with Crippen LogP contribution in [-0.2, 0) is 4.79 Å². The van der Waals surface area contributed by atoms with Crippen LogP contribution in [0.3, 0.4) is 0 Å². The molecule has 0 aromatic heterocycles. The molecule has 1 N–H and O–H groups in total. The summed E-state index contributed by atoms with van der Waals surface area (Å²) >= 11 is 0. The van der Waals surface area contributed by atoms with Crippen LogP contribution >= 0.6 is 0 Å². The Bertz CT molecular complexity index is 714. The molecule has 0 radical (unpaired) electrons. The Labute approximate surface area is 178 Å². The van der Waals surface area contributed by atoms with Crippen LogP contribution in [0.25, 0.3) is 0 Å². The molecular weight excluding hydrogens is 356 g/mol. The summed E-state index contributed by atoms with van der Waals surface area (Å²) in [4.78, 5) is 13.7. The lowest BCUT2D eigenvalue weighted by Gasteiger charge is -2.57. The highest BCUT2D eigenvalue weighted by Crippen LogP contribution is 2.66. The maximum atomic E-state index is 13.7. The first-order chi connectivity index (χ1) is 13.7. The minimum absolute atomic E-state index is 0.00765. The Balaban J connectivity index is 1.57. The monoisotopic (exact) mass is 398 g/mol. The van der Waals surface area contributed by atoms with Crippen molar-refractivity contribution in [3.63, 3.8) is 0 Å². The van der Waals surface area contributed by atoms with Crippen LogP contribution < -0.4 is 0 Å². The van der Waals surface area contributed by atoms with Crippen molar-refractivity contribution in [2.75, 3.05) is 0 Å². The van der Waals surface area contributed by atoms with E-state index in [2.05, 4.69) is 46.8 Å². The van der Waals surface area contributed by atoms with Crippen LogP contribution in [0.5, 0.6) is 0 Å². The van der Waals surface area contributed by atoms with Gasteiger partial charge in [0.2, 0.25) is 0 Å². The summed E-state index contributed by atoms with van der Waals surface area (Å²) in [6.07, 6.45) is 14.1. The van der Waals surface area contributed by atoms with Gasteiger partial charge in [-0.2, -0.15) is 0 Å². The molecule has 4 aliphatic rings. The maximum absolute atomic E-state index is 13.7. The molecule has 3 saturated carbocycles. The normalized spacial score (nSPS) is 45.0. The Morgan fingerprint density at radius 1 is 1.28 bits per heavy atom. The van der Waals surface area contributed by atoms with E-state index < -0.39 is 0 Å². The van der Waals surface area contributed by atoms with Gasteiger partial charge in [0, 0.05) is 12.3 Å². The van der Waals surface area contributed by atoms with Crippen molar-refractivity contribution in [3.05, 3.63) is 23.3 Å². The van der Waals surface area contributed by atoms with Crippen molar-refractivity contribution in [3.8, 4) is 0 Å². The lowest BCUT2D eigenvalue weighted by molar-refractivity contribution is -0.145. The average molecular weight is 399 g/mol. The van der Waals surface area contributed by atoms with Crippen molar-refractivity contribution in [1.29, 1.82) is 0 Å². The molecule has 0 aromatic carbocycles. The van der Waals surface area contributed by atoms with Gasteiger partial charge >= 0.3 is 0 Å². The lowest BCUT2D eigenvalue weighted by atomic mass is 9.46. The van der Waals surface area contributed by atoms with Gasteiger partial charge in [-0.3, -0.25) is 4.79 Å². The zero-order valence-corrected chi connectivity index (χ0v) is 19.3. The Hall–Kier alpha value is -0.890. The number of allylic oxidation sites excluding steroid dienone is 3. The number of ketones is 1. The van der Waals surface area contributed by atoms with E-state index >= 15 is 0 Å². The van der Waals surface area contributed by atoms with Gasteiger partial charge < -0.3 is 5.11 Å². The van der Waals surface area contributed by atoms with E-state index in [0.29, 0.717) is 29.5 Å². The number of Topliss-reactive ketones (excluding diaryl/α,β-unsaturated/α-hetero) is 1. The Morgan fingerprint density at radius 2 is 2.03 bits per heavy atom. The van der Waals surface area contributed by atoms with Gasteiger partial charge in [-0.15, -0.1) is 0 Å². The molecule has 162 valence electrons. The summed E-state index contributed by atoms with van der Waals surface area (Å²) in [7, 11) is 0. The van der Waals surface area contributed by atoms with Gasteiger partial charge in [0.25, 0.3) is 0 Å². The molecule has 8 atom stereocenters. The van der Waals surface area contributed by atoms with Gasteiger partial charge in [0.1, 0.15) is 5.78 Å². The minimum atomic E-state index is -0.202. The predicted octanol–water partition coefficient (Wildman–Crippen LogP) is 6.49. The highest BCUT2D eigenvalue weighted by molar-refractivity contribution is 5.85. The molecular formula is C27H42O2. The van der Waals surface area contributed by atoms with E-state index in [1.165, 1.54) is 36.8 Å². The van der Waals surface area contributed by atoms with Gasteiger partial charge in [-0.25, -0.2) is 0 Å². The molecule has 0 saturated heterocycles. The third kappa shape index (κ3) is 3.48. The summed E-state index contributed by atoms with van der Waals surface area (Å²) in [6, 6.07) is 0. The van der Waals surface area contributed by atoms with Gasteiger partial charge in [0.05, 0.1) is 6.10 Å². The number of hydrogen-bond acceptors (Lipinski definition) is 2. The van der Waals surface area contributed by atoms with Crippen LogP contribution in [-0.4, -0.2) is 17.0 Å². The SMILES string of the molecule is CC(C)=CCC[C@@H](C)[C@H]1CC[C@H]2[C@@H]3CC=C4CC(O)CC[C@]4(C)[C@H]3C(=O)C[C@]12C. The Morgan fingerprint density at radius 3 is 2.76 bits per heavy atom. The molecule has 2 nitrogen and oxygen atoms in total. The van der Waals surface area contributed by atoms with Crippen molar-refractivity contribution >= 4 is 5.78 Å². The van der Waals surface area contributed by atoms with E-state index in [1.54, 1.807) is 0 Å². The fraction of sp³-hybridized carbons (Fsp3) is 0.815. The Kier molecular flexibility index (Phi) is 5.64. The number of carbonyl (C=O) groups excluding carboxylic acids is 1. The molecule has 0 amide bonds. The van der Waals surface area contributed by atoms with Crippen LogP contribution in [0.4, 0.5) is 0 Å². The van der Waals surface area contributed by atoms with Crippen molar-refractivity contribution in [2.45, 2.75) is 98.5 Å². The highest BCUT2D eigenvalue weighted by Gasteiger charge is 2.62. The second-order valence-corrected chi connectivity index (χ2v) is 11.7. The van der Waals surface area contributed by atoms with Crippen LogP contribution in [0, 0.1) is 40.4 Å². The highest BCUT2D eigenvalue weighted by atomic mass is 16.3. The molecule has 0 spiro atoms. The average Bonchev–Trinajstić information content (AvgIpc) is 2.98. The molecule has 0 aromatic rings. The minimum Gasteiger partial charge on any atom is -0.393 e. The largest absolute Gasteiger partial charge is 0.393 e. The van der Waals surface area contributed by atoms with E-state index in [1.807, 2.05) is 0 Å². The lowest BCUT2D eigenvalue weighted by Crippen LogP contribution is -2.55. The fourth-order valence-electron chi connectivity index (χ4n) is 8.28. The predicted molar refractivity (Wildman–Crippen MR) is 119 cm³/mol. The van der Waals surface area contributed by atoms with E-state index in [0.717, 1.165) is 32.1 Å². The third-order valence-corrected chi connectivity index (χ3v) is 9.70. The van der Waals surface area contributed by atoms with E-state index in [9.17, 15) is 9.90 Å². The second-order valence-electron chi connectivity index (χ2n) is 11.7. The van der Waals surface area contributed by atoms with Crippen LogP contribution in [0.1, 0.15) is 92.4 Å². The number of rotatable bonds is 4. The van der Waals surface area contributed by atoms with Crippen LogP contribution in [0.15, 0.2) is 23.3 Å². The molecule has 1 unspecified atom stereocenters. The topological polar surface area (TPSA) is 37.3 Å². The molecule has 0 heterocycles. The van der Waals surface area contributed by atoms with Gasteiger partial charge in [-0.1, -0.05) is 44.1 Å². The van der Waals surface area contributed by atoms with Crippen LogP contribution in [0.2, 0.25) is 0 Å². The first-order valence-electron chi connectivity index (χ1n) is 12.2. The summed E-state index contributed by atoms with van der Waals surface area (Å²) in [5.41, 5.74) is 3.00. The van der Waals surface area contributed by atoms with Gasteiger partial charge in [0.15, 0.2) is 0 Å². The van der Waals surface area contributed by atoms with Crippen molar-refractivity contribution in [1.82, 2.24) is 0 Å². The number of aliphatic hydroxyl groups is 1. The molecule has 0 bridgehead atoms. The zero-order chi connectivity index (χ0) is 21.0. The van der Waals surface area contributed by atoms with Gasteiger partial charge in [-0.05, 0) is 99.7 Å².